The lowest BCUT2D eigenvalue weighted by Crippen LogP contribution is -2.43. The van der Waals surface area contributed by atoms with Crippen molar-refractivity contribution in [2.24, 2.45) is 11.3 Å². The highest BCUT2D eigenvalue weighted by atomic mass is 32.1. The quantitative estimate of drug-likeness (QED) is 0.636. The van der Waals surface area contributed by atoms with Gasteiger partial charge in [0.1, 0.15) is 0 Å². The fourth-order valence-corrected chi connectivity index (χ4v) is 4.70. The molecule has 0 radical (unpaired) electrons. The summed E-state index contributed by atoms with van der Waals surface area (Å²) in [4.78, 5) is 39.8. The van der Waals surface area contributed by atoms with Crippen molar-refractivity contribution in [3.8, 4) is 0 Å². The summed E-state index contributed by atoms with van der Waals surface area (Å²) >= 11 is 1.25. The first-order valence-corrected chi connectivity index (χ1v) is 11.4. The molecule has 13 heteroatoms. The molecule has 2 saturated heterocycles. The molecule has 0 spiro atoms. The van der Waals surface area contributed by atoms with Gasteiger partial charge in [0, 0.05) is 38.1 Å². The van der Waals surface area contributed by atoms with Crippen molar-refractivity contribution in [1.82, 2.24) is 19.4 Å². The number of carboxylic acid groups (broad SMARTS) is 1. The Bertz CT molecular complexity index is 863. The number of hydrogen-bond acceptors (Lipinski definition) is 8. The second kappa shape index (κ2) is 10.8. The van der Waals surface area contributed by atoms with E-state index in [9.17, 15) is 22.8 Å². The van der Waals surface area contributed by atoms with Gasteiger partial charge in [-0.3, -0.25) is 14.5 Å². The van der Waals surface area contributed by atoms with E-state index >= 15 is 0 Å². The highest BCUT2D eigenvalue weighted by Gasteiger charge is 2.54. The van der Waals surface area contributed by atoms with Crippen molar-refractivity contribution in [3.63, 3.8) is 0 Å². The Morgan fingerprint density at radius 1 is 1.30 bits per heavy atom. The lowest BCUT2D eigenvalue weighted by molar-refractivity contribution is -0.192. The highest BCUT2D eigenvalue weighted by Crippen LogP contribution is 2.44. The third-order valence-electron chi connectivity index (χ3n) is 6.01. The molecule has 1 aromatic rings. The van der Waals surface area contributed by atoms with Crippen LogP contribution in [-0.4, -0.2) is 87.3 Å². The predicted octanol–water partition coefficient (Wildman–Crippen LogP) is 2.61. The number of aliphatic carboxylic acids is 1. The zero-order valence-corrected chi connectivity index (χ0v) is 19.8. The summed E-state index contributed by atoms with van der Waals surface area (Å²) in [6.07, 6.45) is -3.53. The van der Waals surface area contributed by atoms with Crippen LogP contribution in [0.3, 0.4) is 0 Å². The van der Waals surface area contributed by atoms with Gasteiger partial charge in [-0.1, -0.05) is 4.49 Å². The summed E-state index contributed by atoms with van der Waals surface area (Å²) in [5, 5.41) is 11.1. The molecule has 2 aliphatic rings. The lowest BCUT2D eigenvalue weighted by atomic mass is 9.75. The van der Waals surface area contributed by atoms with Crippen molar-refractivity contribution in [2.45, 2.75) is 52.8 Å². The van der Waals surface area contributed by atoms with Crippen LogP contribution >= 0.6 is 11.5 Å². The topological polar surface area (TPSA) is 113 Å². The number of aryl methyl sites for hydroxylation is 1. The van der Waals surface area contributed by atoms with E-state index in [0.29, 0.717) is 38.0 Å². The summed E-state index contributed by atoms with van der Waals surface area (Å²) in [7, 11) is 0. The van der Waals surface area contributed by atoms with Gasteiger partial charge < -0.3 is 14.7 Å². The Kier molecular flexibility index (Phi) is 8.80. The number of amides is 1. The summed E-state index contributed by atoms with van der Waals surface area (Å²) in [5.74, 6) is -2.84. The molecular formula is C20H29F3N4O5S. The smallest absolute Gasteiger partial charge is 0.475 e. The minimum atomic E-state index is -5.08. The monoisotopic (exact) mass is 494 g/mol. The third-order valence-corrected chi connectivity index (χ3v) is 6.64. The molecule has 0 saturated carbocycles. The van der Waals surface area contributed by atoms with E-state index in [1.165, 1.54) is 11.5 Å². The van der Waals surface area contributed by atoms with Crippen LogP contribution < -0.4 is 0 Å². The number of carboxylic acids is 1. The van der Waals surface area contributed by atoms with Crippen molar-refractivity contribution in [3.05, 3.63) is 10.6 Å². The summed E-state index contributed by atoms with van der Waals surface area (Å²) in [6.45, 7) is 11.2. The minimum Gasteiger partial charge on any atom is -0.475 e. The number of likely N-dealkylation sites (tertiary alicyclic amines) is 2. The number of ether oxygens (including phenoxy) is 1. The van der Waals surface area contributed by atoms with Gasteiger partial charge in [-0.25, -0.2) is 4.79 Å². The van der Waals surface area contributed by atoms with Crippen molar-refractivity contribution in [2.75, 3.05) is 32.8 Å². The Hall–Kier alpha value is -2.28. The first-order chi connectivity index (χ1) is 15.3. The normalized spacial score (nSPS) is 23.4. The van der Waals surface area contributed by atoms with Crippen LogP contribution in [-0.2, 0) is 14.3 Å². The SMILES string of the molecule is CCOC(=O)[C@@]12CCCN(C(=O)c3nnsc3C)C[C@H]1CN(C(C)C)C2.O=C(O)C(F)(F)F. The second-order valence-corrected chi connectivity index (χ2v) is 9.39. The van der Waals surface area contributed by atoms with Gasteiger partial charge in [-0.05, 0) is 52.1 Å². The van der Waals surface area contributed by atoms with Crippen LogP contribution in [0, 0.1) is 18.3 Å². The summed E-state index contributed by atoms with van der Waals surface area (Å²) in [6, 6.07) is 0.363. The van der Waals surface area contributed by atoms with E-state index in [4.69, 9.17) is 14.6 Å². The molecule has 0 aliphatic carbocycles. The average molecular weight is 495 g/mol. The average Bonchev–Trinajstić information content (AvgIpc) is 3.26. The van der Waals surface area contributed by atoms with Crippen LogP contribution in [0.25, 0.3) is 0 Å². The molecule has 2 atom stereocenters. The molecule has 3 heterocycles. The van der Waals surface area contributed by atoms with Crippen molar-refractivity contribution < 1.29 is 37.4 Å². The number of hydrogen-bond donors (Lipinski definition) is 1. The number of carbonyl (C=O) groups is 3. The Morgan fingerprint density at radius 3 is 2.42 bits per heavy atom. The van der Waals surface area contributed by atoms with Gasteiger partial charge in [0.25, 0.3) is 5.91 Å². The Balaban J connectivity index is 0.000000479. The molecule has 0 unspecified atom stereocenters. The van der Waals surface area contributed by atoms with E-state index in [2.05, 4.69) is 28.3 Å². The fourth-order valence-electron chi connectivity index (χ4n) is 4.24. The van der Waals surface area contributed by atoms with Crippen LogP contribution in [0.2, 0.25) is 0 Å². The van der Waals surface area contributed by atoms with Crippen LogP contribution in [0.5, 0.6) is 0 Å². The lowest BCUT2D eigenvalue weighted by Gasteiger charge is -2.31. The van der Waals surface area contributed by atoms with Gasteiger partial charge in [-0.15, -0.1) is 5.10 Å². The maximum Gasteiger partial charge on any atom is 0.490 e. The standard InChI is InChI=1S/C18H28N4O3S.C2HF3O2/c1-5-25-17(24)18-7-6-8-21(16(23)15-13(4)26-20-19-15)9-14(18)10-22(11-18)12(2)3;3-2(4,5)1(6)7/h12,14H,5-11H2,1-4H3;(H,6,7)/t14-,18+;/m0./s1. The molecule has 1 aromatic heterocycles. The van der Waals surface area contributed by atoms with Gasteiger partial charge in [0.15, 0.2) is 5.69 Å². The van der Waals surface area contributed by atoms with Crippen LogP contribution in [0.15, 0.2) is 0 Å². The molecule has 0 bridgehead atoms. The minimum absolute atomic E-state index is 0.0705. The predicted molar refractivity (Wildman–Crippen MR) is 113 cm³/mol. The molecular weight excluding hydrogens is 465 g/mol. The number of fused-ring (bicyclic) bond motifs is 1. The molecule has 0 aromatic carbocycles. The van der Waals surface area contributed by atoms with Gasteiger partial charge in [-0.2, -0.15) is 13.2 Å². The molecule has 3 rings (SSSR count). The summed E-state index contributed by atoms with van der Waals surface area (Å²) in [5.41, 5.74) is -0.0673. The van der Waals surface area contributed by atoms with E-state index in [1.54, 1.807) is 0 Å². The van der Waals surface area contributed by atoms with Crippen molar-refractivity contribution >= 4 is 29.4 Å². The molecule has 186 valence electrons. The van der Waals surface area contributed by atoms with E-state index in [-0.39, 0.29) is 17.8 Å². The number of aromatic nitrogens is 2. The zero-order chi connectivity index (χ0) is 25.0. The first kappa shape index (κ1) is 27.0. The molecule has 1 N–H and O–H groups in total. The van der Waals surface area contributed by atoms with Crippen molar-refractivity contribution in [1.29, 1.82) is 0 Å². The Morgan fingerprint density at radius 2 is 1.94 bits per heavy atom. The number of esters is 1. The third kappa shape index (κ3) is 6.19. The second-order valence-electron chi connectivity index (χ2n) is 8.43. The largest absolute Gasteiger partial charge is 0.490 e. The fraction of sp³-hybridized carbons (Fsp3) is 0.750. The number of alkyl halides is 3. The van der Waals surface area contributed by atoms with E-state index in [0.717, 1.165) is 24.3 Å². The molecule has 1 amide bonds. The van der Waals surface area contributed by atoms with Gasteiger partial charge >= 0.3 is 18.1 Å². The molecule has 9 nitrogen and oxygen atoms in total. The van der Waals surface area contributed by atoms with Gasteiger partial charge in [0.2, 0.25) is 0 Å². The van der Waals surface area contributed by atoms with Crippen LogP contribution in [0.1, 0.15) is 49.0 Å². The zero-order valence-electron chi connectivity index (χ0n) is 19.0. The molecule has 33 heavy (non-hydrogen) atoms. The molecule has 2 fully saturated rings. The Labute approximate surface area is 194 Å². The maximum absolute atomic E-state index is 12.9. The number of nitrogens with zero attached hydrogens (tertiary/aromatic N) is 4. The van der Waals surface area contributed by atoms with Gasteiger partial charge in [0.05, 0.1) is 16.9 Å². The van der Waals surface area contributed by atoms with E-state index in [1.807, 2.05) is 18.7 Å². The highest BCUT2D eigenvalue weighted by molar-refractivity contribution is 7.05. The first-order valence-electron chi connectivity index (χ1n) is 10.6. The molecule has 2 aliphatic heterocycles. The maximum atomic E-state index is 12.9. The summed E-state index contributed by atoms with van der Waals surface area (Å²) < 4.78 is 41.1. The number of rotatable bonds is 4. The van der Waals surface area contributed by atoms with Crippen LogP contribution in [0.4, 0.5) is 13.2 Å². The number of halogens is 3. The number of carbonyl (C=O) groups excluding carboxylic acids is 2. The van der Waals surface area contributed by atoms with E-state index < -0.39 is 17.6 Å².